The first kappa shape index (κ1) is 18.7. The molecule has 1 heterocycles. The van der Waals surface area contributed by atoms with Crippen LogP contribution in [0.1, 0.15) is 22.3 Å². The smallest absolute Gasteiger partial charge is 0.374 e. The first-order valence-corrected chi connectivity index (χ1v) is 8.09. The van der Waals surface area contributed by atoms with Crippen LogP contribution in [0, 0.1) is 0 Å². The van der Waals surface area contributed by atoms with E-state index in [9.17, 15) is 22.8 Å². The van der Waals surface area contributed by atoms with Crippen LogP contribution in [-0.2, 0) is 11.0 Å². The Hall–Kier alpha value is -3.07. The fraction of sp³-hybridized carbons (Fsp3) is 0.222. The molecule has 1 aliphatic rings. The van der Waals surface area contributed by atoms with E-state index in [-0.39, 0.29) is 11.5 Å². The van der Waals surface area contributed by atoms with E-state index in [4.69, 9.17) is 5.21 Å². The van der Waals surface area contributed by atoms with E-state index >= 15 is 0 Å². The number of halogens is 3. The van der Waals surface area contributed by atoms with Gasteiger partial charge in [0.05, 0.1) is 5.56 Å². The van der Waals surface area contributed by atoms with Crippen molar-refractivity contribution in [3.8, 4) is 0 Å². The van der Waals surface area contributed by atoms with Gasteiger partial charge in [-0.1, -0.05) is 0 Å². The molecule has 0 saturated carbocycles. The number of benzene rings is 2. The molecule has 0 aliphatic carbocycles. The standard InChI is InChI=1S/C18H16F3N3O3/c19-18(20,21)12-3-7-14(8-4-12)24-10-9-15(17(24)26)22-13-5-1-11(2-6-13)16(25)23-27/h1-8,15,22,27H,9-10H2,(H,23,25). The normalized spacial score (nSPS) is 17.1. The Balaban J connectivity index is 1.67. The minimum absolute atomic E-state index is 0.244. The van der Waals surface area contributed by atoms with Crippen LogP contribution in [0.2, 0.25) is 0 Å². The van der Waals surface area contributed by atoms with Gasteiger partial charge in [0.2, 0.25) is 5.91 Å². The number of carbonyl (C=O) groups excluding carboxylic acids is 2. The van der Waals surface area contributed by atoms with Crippen molar-refractivity contribution in [1.82, 2.24) is 5.48 Å². The SMILES string of the molecule is O=C(NO)c1ccc(NC2CCN(c3ccc(C(F)(F)F)cc3)C2=O)cc1. The van der Waals surface area contributed by atoms with Crippen LogP contribution in [0.25, 0.3) is 0 Å². The molecule has 0 spiro atoms. The number of hydrogen-bond donors (Lipinski definition) is 3. The second-order valence-electron chi connectivity index (χ2n) is 6.04. The van der Waals surface area contributed by atoms with Gasteiger partial charge in [0.1, 0.15) is 6.04 Å². The molecule has 2 aromatic rings. The van der Waals surface area contributed by atoms with Gasteiger partial charge < -0.3 is 10.2 Å². The lowest BCUT2D eigenvalue weighted by atomic mass is 10.1. The third-order valence-corrected chi connectivity index (χ3v) is 4.30. The molecular formula is C18H16F3N3O3. The van der Waals surface area contributed by atoms with Crippen molar-refractivity contribution in [2.45, 2.75) is 18.6 Å². The molecule has 3 rings (SSSR count). The summed E-state index contributed by atoms with van der Waals surface area (Å²) in [6.07, 6.45) is -3.94. The highest BCUT2D eigenvalue weighted by atomic mass is 19.4. The number of alkyl halides is 3. The van der Waals surface area contributed by atoms with E-state index in [1.165, 1.54) is 34.6 Å². The number of hydroxylamine groups is 1. The second-order valence-corrected chi connectivity index (χ2v) is 6.04. The highest BCUT2D eigenvalue weighted by molar-refractivity contribution is 6.01. The van der Waals surface area contributed by atoms with Crippen molar-refractivity contribution in [2.24, 2.45) is 0 Å². The summed E-state index contributed by atoms with van der Waals surface area (Å²) < 4.78 is 37.9. The Morgan fingerprint density at radius 2 is 1.70 bits per heavy atom. The quantitative estimate of drug-likeness (QED) is 0.563. The Morgan fingerprint density at radius 1 is 1.07 bits per heavy atom. The van der Waals surface area contributed by atoms with Gasteiger partial charge in [-0.15, -0.1) is 0 Å². The third kappa shape index (κ3) is 4.03. The Morgan fingerprint density at radius 3 is 2.26 bits per heavy atom. The molecule has 6 nitrogen and oxygen atoms in total. The summed E-state index contributed by atoms with van der Waals surface area (Å²) in [6.45, 7) is 0.382. The highest BCUT2D eigenvalue weighted by Gasteiger charge is 2.34. The molecule has 2 amide bonds. The molecule has 1 unspecified atom stereocenters. The fourth-order valence-corrected chi connectivity index (χ4v) is 2.88. The van der Waals surface area contributed by atoms with Crippen molar-refractivity contribution >= 4 is 23.2 Å². The number of hydrogen-bond acceptors (Lipinski definition) is 4. The number of nitrogens with zero attached hydrogens (tertiary/aromatic N) is 1. The van der Waals surface area contributed by atoms with Crippen molar-refractivity contribution in [3.63, 3.8) is 0 Å². The lowest BCUT2D eigenvalue weighted by Crippen LogP contribution is -2.33. The summed E-state index contributed by atoms with van der Waals surface area (Å²) in [6, 6.07) is 10.1. The van der Waals surface area contributed by atoms with Crippen molar-refractivity contribution in [3.05, 3.63) is 59.7 Å². The van der Waals surface area contributed by atoms with Crippen molar-refractivity contribution in [1.29, 1.82) is 0 Å². The zero-order valence-corrected chi connectivity index (χ0v) is 14.0. The van der Waals surface area contributed by atoms with Gasteiger partial charge >= 0.3 is 6.18 Å². The van der Waals surface area contributed by atoms with Gasteiger partial charge in [-0.05, 0) is 55.0 Å². The summed E-state index contributed by atoms with van der Waals surface area (Å²) in [5.41, 5.74) is 2.04. The van der Waals surface area contributed by atoms with Crippen LogP contribution < -0.4 is 15.7 Å². The molecule has 0 aromatic heterocycles. The Bertz CT molecular complexity index is 836. The van der Waals surface area contributed by atoms with E-state index in [1.54, 1.807) is 12.1 Å². The van der Waals surface area contributed by atoms with E-state index in [2.05, 4.69) is 5.32 Å². The summed E-state index contributed by atoms with van der Waals surface area (Å²) in [5.74, 6) is -0.890. The van der Waals surface area contributed by atoms with Gasteiger partial charge in [-0.25, -0.2) is 5.48 Å². The second kappa shape index (κ2) is 7.28. The van der Waals surface area contributed by atoms with Gasteiger partial charge in [0.25, 0.3) is 5.91 Å². The molecule has 1 fully saturated rings. The minimum atomic E-state index is -4.42. The minimum Gasteiger partial charge on any atom is -0.374 e. The molecule has 0 bridgehead atoms. The Labute approximate surface area is 152 Å². The van der Waals surface area contributed by atoms with E-state index in [0.29, 0.717) is 24.3 Å². The maximum atomic E-state index is 12.6. The summed E-state index contributed by atoms with van der Waals surface area (Å²) in [5, 5.41) is 11.6. The van der Waals surface area contributed by atoms with E-state index < -0.39 is 23.7 Å². The van der Waals surface area contributed by atoms with Gasteiger partial charge in [-0.3, -0.25) is 14.8 Å². The Kier molecular flexibility index (Phi) is 5.04. The summed E-state index contributed by atoms with van der Waals surface area (Å²) in [7, 11) is 0. The molecule has 1 saturated heterocycles. The zero-order valence-electron chi connectivity index (χ0n) is 14.0. The van der Waals surface area contributed by atoms with Gasteiger partial charge in [0, 0.05) is 23.5 Å². The molecule has 1 aliphatic heterocycles. The highest BCUT2D eigenvalue weighted by Crippen LogP contribution is 2.31. The fourth-order valence-electron chi connectivity index (χ4n) is 2.88. The third-order valence-electron chi connectivity index (χ3n) is 4.30. The topological polar surface area (TPSA) is 81.7 Å². The molecule has 3 N–H and O–H groups in total. The predicted octanol–water partition coefficient (Wildman–Crippen LogP) is 3.04. The van der Waals surface area contributed by atoms with Crippen LogP contribution in [0.4, 0.5) is 24.5 Å². The molecule has 27 heavy (non-hydrogen) atoms. The molecule has 9 heteroatoms. The van der Waals surface area contributed by atoms with Crippen LogP contribution >= 0.6 is 0 Å². The maximum Gasteiger partial charge on any atom is 0.416 e. The van der Waals surface area contributed by atoms with Crippen LogP contribution in [-0.4, -0.2) is 29.6 Å². The lowest BCUT2D eigenvalue weighted by molar-refractivity contribution is -0.137. The molecule has 2 aromatic carbocycles. The van der Waals surface area contributed by atoms with Crippen molar-refractivity contribution < 1.29 is 28.0 Å². The molecule has 0 radical (unpaired) electrons. The van der Waals surface area contributed by atoms with Gasteiger partial charge in [-0.2, -0.15) is 13.2 Å². The average molecular weight is 379 g/mol. The molecule has 142 valence electrons. The van der Waals surface area contributed by atoms with Crippen LogP contribution in [0.5, 0.6) is 0 Å². The van der Waals surface area contributed by atoms with Crippen LogP contribution in [0.3, 0.4) is 0 Å². The van der Waals surface area contributed by atoms with Crippen molar-refractivity contribution in [2.75, 3.05) is 16.8 Å². The molecular weight excluding hydrogens is 363 g/mol. The average Bonchev–Trinajstić information content (AvgIpc) is 3.01. The summed E-state index contributed by atoms with van der Waals surface area (Å²) in [4.78, 5) is 25.3. The molecule has 1 atom stereocenters. The largest absolute Gasteiger partial charge is 0.416 e. The number of rotatable bonds is 4. The first-order valence-electron chi connectivity index (χ1n) is 8.09. The number of anilines is 2. The summed E-state index contributed by atoms with van der Waals surface area (Å²) >= 11 is 0. The zero-order chi connectivity index (χ0) is 19.6. The van der Waals surface area contributed by atoms with Crippen LogP contribution in [0.15, 0.2) is 48.5 Å². The number of carbonyl (C=O) groups is 2. The first-order chi connectivity index (χ1) is 12.8. The van der Waals surface area contributed by atoms with E-state index in [1.807, 2.05) is 0 Å². The monoisotopic (exact) mass is 379 g/mol. The van der Waals surface area contributed by atoms with E-state index in [0.717, 1.165) is 12.1 Å². The predicted molar refractivity (Wildman–Crippen MR) is 91.5 cm³/mol. The lowest BCUT2D eigenvalue weighted by Gasteiger charge is -2.18. The number of nitrogens with one attached hydrogen (secondary N) is 2. The number of amides is 2. The van der Waals surface area contributed by atoms with Gasteiger partial charge in [0.15, 0.2) is 0 Å². The maximum absolute atomic E-state index is 12.6.